The lowest BCUT2D eigenvalue weighted by Gasteiger charge is -2.33. The molecule has 1 heterocycles. The van der Waals surface area contributed by atoms with Crippen molar-refractivity contribution in [3.8, 4) is 0 Å². The number of Topliss-reactive ketones (excluding diaryl/α,β-unsaturated/α-hetero) is 2. The molecule has 2 aromatic carbocycles. The van der Waals surface area contributed by atoms with Gasteiger partial charge < -0.3 is 14.6 Å². The highest BCUT2D eigenvalue weighted by Gasteiger charge is 2.27. The van der Waals surface area contributed by atoms with Gasteiger partial charge in [-0.25, -0.2) is 9.59 Å². The van der Waals surface area contributed by atoms with Gasteiger partial charge in [0.1, 0.15) is 11.4 Å². The van der Waals surface area contributed by atoms with Crippen LogP contribution < -0.4 is 4.90 Å². The molecule has 0 fully saturated rings. The first kappa shape index (κ1) is 35.7. The summed E-state index contributed by atoms with van der Waals surface area (Å²) in [6, 6.07) is 11.1. The largest absolute Gasteiger partial charge is 0.340 e. The van der Waals surface area contributed by atoms with Crippen LogP contribution in [0.15, 0.2) is 56.5 Å². The number of carbonyl (C=O) groups is 4. The Hall–Kier alpha value is -3.79. The predicted octanol–water partition coefficient (Wildman–Crippen LogP) is 8.84. The predicted molar refractivity (Wildman–Crippen MR) is 179 cm³/mol. The summed E-state index contributed by atoms with van der Waals surface area (Å²) < 4.78 is 0. The van der Waals surface area contributed by atoms with Crippen molar-refractivity contribution in [2.24, 2.45) is 10.3 Å². The average Bonchev–Trinajstić information content (AvgIpc) is 3.03. The SMILES string of the molecule is CCCCCCCCCCCN1c2ccc(C(=O)/C(CC)=N/OC(C)=O)cc2Sc2cc(C(=O)/C(CC)=N/OC(C)=O)ccc21. The third-order valence-electron chi connectivity index (χ3n) is 7.49. The minimum atomic E-state index is -0.590. The molecule has 0 amide bonds. The van der Waals surface area contributed by atoms with Crippen LogP contribution in [-0.2, 0) is 19.3 Å². The maximum absolute atomic E-state index is 13.3. The fourth-order valence-corrected chi connectivity index (χ4v) is 6.27. The summed E-state index contributed by atoms with van der Waals surface area (Å²) in [6.07, 6.45) is 11.6. The Labute approximate surface area is 270 Å². The molecule has 0 N–H and O–H groups in total. The van der Waals surface area contributed by atoms with Gasteiger partial charge in [-0.2, -0.15) is 0 Å². The standard InChI is InChI=1S/C35H45N3O6S/c1-6-9-10-11-12-13-14-15-16-21-38-30-19-17-26(34(41)28(7-2)36-43-24(4)39)22-32(30)45-33-23-27(18-20-31(33)38)35(42)29(8-3)37-44-25(5)40/h17-20,22-23H,6-16,21H2,1-5H3/b36-28+,37-29+. The number of carbonyl (C=O) groups excluding carboxylic acids is 4. The zero-order valence-electron chi connectivity index (χ0n) is 27.1. The molecule has 0 atom stereocenters. The summed E-state index contributed by atoms with van der Waals surface area (Å²) in [6.45, 7) is 9.06. The number of oxime groups is 2. The molecule has 0 saturated carbocycles. The van der Waals surface area contributed by atoms with Gasteiger partial charge >= 0.3 is 11.9 Å². The van der Waals surface area contributed by atoms with E-state index in [1.165, 1.54) is 70.6 Å². The van der Waals surface area contributed by atoms with Gasteiger partial charge in [0, 0.05) is 41.3 Å². The molecule has 1 aliphatic rings. The summed E-state index contributed by atoms with van der Waals surface area (Å²) >= 11 is 1.48. The highest BCUT2D eigenvalue weighted by atomic mass is 32.2. The molecule has 0 aromatic heterocycles. The number of hydrogen-bond donors (Lipinski definition) is 0. The van der Waals surface area contributed by atoms with E-state index < -0.39 is 11.9 Å². The van der Waals surface area contributed by atoms with Gasteiger partial charge in [-0.3, -0.25) is 9.59 Å². The van der Waals surface area contributed by atoms with Crippen molar-refractivity contribution < 1.29 is 28.9 Å². The fourth-order valence-electron chi connectivity index (χ4n) is 5.10. The van der Waals surface area contributed by atoms with Gasteiger partial charge in [0.15, 0.2) is 0 Å². The van der Waals surface area contributed by atoms with Crippen molar-refractivity contribution in [1.82, 2.24) is 0 Å². The third kappa shape index (κ3) is 10.4. The van der Waals surface area contributed by atoms with E-state index in [1.54, 1.807) is 26.0 Å². The number of benzene rings is 2. The second-order valence-electron chi connectivity index (χ2n) is 11.1. The van der Waals surface area contributed by atoms with Gasteiger partial charge in [0.25, 0.3) is 0 Å². The molecule has 0 aliphatic carbocycles. The van der Waals surface area contributed by atoms with E-state index in [9.17, 15) is 19.2 Å². The maximum Gasteiger partial charge on any atom is 0.331 e. The van der Waals surface area contributed by atoms with Crippen LogP contribution in [-0.4, -0.2) is 41.5 Å². The number of rotatable bonds is 18. The Morgan fingerprint density at radius 1 is 0.644 bits per heavy atom. The molecule has 2 aromatic rings. The number of hydrogen-bond acceptors (Lipinski definition) is 10. The first-order chi connectivity index (χ1) is 21.7. The molecule has 10 heteroatoms. The van der Waals surface area contributed by atoms with Gasteiger partial charge in [-0.05, 0) is 55.7 Å². The van der Waals surface area contributed by atoms with Crippen molar-refractivity contribution in [3.63, 3.8) is 0 Å². The molecule has 0 spiro atoms. The zero-order chi connectivity index (χ0) is 32.8. The first-order valence-corrected chi connectivity index (χ1v) is 16.8. The van der Waals surface area contributed by atoms with Crippen LogP contribution in [0.4, 0.5) is 11.4 Å². The number of fused-ring (bicyclic) bond motifs is 2. The molecular formula is C35H45N3O6S. The smallest absolute Gasteiger partial charge is 0.331 e. The zero-order valence-corrected chi connectivity index (χ0v) is 28.0. The molecule has 0 bridgehead atoms. The molecule has 1 aliphatic heterocycles. The molecule has 45 heavy (non-hydrogen) atoms. The molecule has 9 nitrogen and oxygen atoms in total. The minimum absolute atomic E-state index is 0.157. The van der Waals surface area contributed by atoms with Crippen LogP contribution in [0.25, 0.3) is 0 Å². The average molecular weight is 636 g/mol. The Kier molecular flexibility index (Phi) is 14.5. The van der Waals surface area contributed by atoms with Crippen LogP contribution in [0.2, 0.25) is 0 Å². The van der Waals surface area contributed by atoms with E-state index in [0.717, 1.165) is 40.6 Å². The first-order valence-electron chi connectivity index (χ1n) is 16.0. The van der Waals surface area contributed by atoms with Crippen molar-refractivity contribution in [2.75, 3.05) is 11.4 Å². The normalized spacial score (nSPS) is 12.8. The highest BCUT2D eigenvalue weighted by molar-refractivity contribution is 7.99. The lowest BCUT2D eigenvalue weighted by Crippen LogP contribution is -2.23. The van der Waals surface area contributed by atoms with Crippen LogP contribution in [0.1, 0.15) is 126 Å². The summed E-state index contributed by atoms with van der Waals surface area (Å²) in [5, 5.41) is 7.54. The van der Waals surface area contributed by atoms with Crippen molar-refractivity contribution in [3.05, 3.63) is 47.5 Å². The summed E-state index contributed by atoms with van der Waals surface area (Å²) in [7, 11) is 0. The number of unbranched alkanes of at least 4 members (excludes halogenated alkanes) is 8. The Balaban J connectivity index is 1.89. The number of nitrogens with zero attached hydrogens (tertiary/aromatic N) is 3. The Morgan fingerprint density at radius 3 is 1.47 bits per heavy atom. The number of anilines is 2. The van der Waals surface area contributed by atoms with Crippen LogP contribution in [0.5, 0.6) is 0 Å². The summed E-state index contributed by atoms with van der Waals surface area (Å²) in [5.41, 5.74) is 3.17. The maximum atomic E-state index is 13.3. The lowest BCUT2D eigenvalue weighted by molar-refractivity contribution is -0.141. The monoisotopic (exact) mass is 635 g/mol. The van der Waals surface area contributed by atoms with Crippen molar-refractivity contribution >= 4 is 58.1 Å². The Bertz CT molecular complexity index is 1340. The topological polar surface area (TPSA) is 115 Å². The molecule has 3 rings (SSSR count). The third-order valence-corrected chi connectivity index (χ3v) is 8.59. The molecule has 0 unspecified atom stereocenters. The van der Waals surface area contributed by atoms with Gasteiger partial charge in [0.05, 0.1) is 11.4 Å². The van der Waals surface area contributed by atoms with Crippen LogP contribution >= 0.6 is 11.8 Å². The minimum Gasteiger partial charge on any atom is -0.340 e. The van der Waals surface area contributed by atoms with Gasteiger partial charge in [-0.1, -0.05) is 94.2 Å². The van der Waals surface area contributed by atoms with Gasteiger partial charge in [0.2, 0.25) is 11.6 Å². The van der Waals surface area contributed by atoms with E-state index in [-0.39, 0.29) is 23.0 Å². The summed E-state index contributed by atoms with van der Waals surface area (Å²) in [4.78, 5) is 62.6. The quantitative estimate of drug-likeness (QED) is 0.0525. The fraction of sp³-hybridized carbons (Fsp3) is 0.486. The van der Waals surface area contributed by atoms with E-state index in [2.05, 4.69) is 22.1 Å². The van der Waals surface area contributed by atoms with E-state index >= 15 is 0 Å². The summed E-state index contributed by atoms with van der Waals surface area (Å²) in [5.74, 6) is -1.80. The highest BCUT2D eigenvalue weighted by Crippen LogP contribution is 2.49. The van der Waals surface area contributed by atoms with E-state index in [0.29, 0.717) is 24.0 Å². The second kappa shape index (κ2) is 18.2. The molecule has 242 valence electrons. The molecular weight excluding hydrogens is 590 g/mol. The number of ketones is 2. The van der Waals surface area contributed by atoms with Crippen molar-refractivity contribution in [1.29, 1.82) is 0 Å². The second-order valence-corrected chi connectivity index (χ2v) is 12.1. The van der Waals surface area contributed by atoms with Gasteiger partial charge in [-0.15, -0.1) is 0 Å². The van der Waals surface area contributed by atoms with E-state index in [4.69, 9.17) is 9.68 Å². The van der Waals surface area contributed by atoms with Crippen LogP contribution in [0, 0.1) is 0 Å². The lowest BCUT2D eigenvalue weighted by atomic mass is 10.0. The van der Waals surface area contributed by atoms with E-state index in [1.807, 2.05) is 24.3 Å². The molecule has 0 radical (unpaired) electrons. The van der Waals surface area contributed by atoms with Crippen LogP contribution in [0.3, 0.4) is 0 Å². The molecule has 0 saturated heterocycles. The Morgan fingerprint density at radius 2 is 1.07 bits per heavy atom. The van der Waals surface area contributed by atoms with Crippen molar-refractivity contribution in [2.45, 2.75) is 115 Å².